The number of carbonyl (C=O) groups excluding carboxylic acids is 1. The Labute approximate surface area is 82.4 Å². The van der Waals surface area contributed by atoms with E-state index in [0.29, 0.717) is 22.6 Å². The lowest BCUT2D eigenvalue weighted by molar-refractivity contribution is 0.112. The smallest absolute Gasteiger partial charge is 0.150 e. The van der Waals surface area contributed by atoms with Crippen molar-refractivity contribution in [2.45, 2.75) is 0 Å². The maximum atomic E-state index is 10.6. The van der Waals surface area contributed by atoms with Gasteiger partial charge in [0.05, 0.1) is 12.8 Å². The molecule has 0 radical (unpaired) electrons. The molecule has 74 valence electrons. The zero-order valence-corrected chi connectivity index (χ0v) is 8.13. The molecule has 0 amide bonds. The number of rotatable bonds is 4. The van der Waals surface area contributed by atoms with Crippen molar-refractivity contribution in [2.75, 3.05) is 19.5 Å². The molecule has 1 aromatic rings. The molecule has 1 aromatic carbocycles. The van der Waals surface area contributed by atoms with Gasteiger partial charge >= 0.3 is 0 Å². The van der Waals surface area contributed by atoms with Crippen LogP contribution in [-0.4, -0.2) is 26.7 Å². The SMILES string of the molecule is CNc1c(C=N)cc(C=O)cc1OC. The van der Waals surface area contributed by atoms with Crippen LogP contribution >= 0.6 is 0 Å². The summed E-state index contributed by atoms with van der Waals surface area (Å²) >= 11 is 0. The standard InChI is InChI=1S/C10H12N2O2/c1-12-10-8(5-11)3-7(6-13)4-9(10)14-2/h3-6,11-12H,1-2H3. The first-order valence-corrected chi connectivity index (χ1v) is 4.12. The van der Waals surface area contributed by atoms with Gasteiger partial charge in [-0.05, 0) is 12.1 Å². The normalized spacial score (nSPS) is 9.29. The van der Waals surface area contributed by atoms with Gasteiger partial charge in [-0.15, -0.1) is 0 Å². The predicted octanol–water partition coefficient (Wildman–Crippen LogP) is 1.55. The van der Waals surface area contributed by atoms with E-state index in [2.05, 4.69) is 5.32 Å². The van der Waals surface area contributed by atoms with Crippen molar-refractivity contribution in [1.82, 2.24) is 0 Å². The molecule has 0 aliphatic rings. The van der Waals surface area contributed by atoms with Crippen molar-refractivity contribution in [3.05, 3.63) is 23.3 Å². The third kappa shape index (κ3) is 1.74. The van der Waals surface area contributed by atoms with Gasteiger partial charge in [-0.25, -0.2) is 0 Å². The van der Waals surface area contributed by atoms with Crippen molar-refractivity contribution in [2.24, 2.45) is 0 Å². The van der Waals surface area contributed by atoms with Crippen LogP contribution < -0.4 is 10.1 Å². The maximum absolute atomic E-state index is 10.6. The number of hydrogen-bond donors (Lipinski definition) is 2. The first-order chi connectivity index (χ1) is 6.76. The van der Waals surface area contributed by atoms with Crippen LogP contribution in [0, 0.1) is 5.41 Å². The number of anilines is 1. The molecule has 0 fully saturated rings. The van der Waals surface area contributed by atoms with E-state index in [1.165, 1.54) is 13.3 Å². The van der Waals surface area contributed by atoms with Crippen LogP contribution in [0.4, 0.5) is 5.69 Å². The molecule has 0 spiro atoms. The molecule has 4 heteroatoms. The average molecular weight is 192 g/mol. The Hall–Kier alpha value is -1.84. The summed E-state index contributed by atoms with van der Waals surface area (Å²) in [5.41, 5.74) is 1.85. The van der Waals surface area contributed by atoms with E-state index in [-0.39, 0.29) is 0 Å². The van der Waals surface area contributed by atoms with Crippen molar-refractivity contribution in [3.8, 4) is 5.75 Å². The Bertz CT molecular complexity index is 361. The molecule has 0 aliphatic carbocycles. The summed E-state index contributed by atoms with van der Waals surface area (Å²) in [6.45, 7) is 0. The topological polar surface area (TPSA) is 62.2 Å². The fourth-order valence-corrected chi connectivity index (χ4v) is 1.27. The highest BCUT2D eigenvalue weighted by atomic mass is 16.5. The van der Waals surface area contributed by atoms with E-state index < -0.39 is 0 Å². The second-order valence-electron chi connectivity index (χ2n) is 2.70. The summed E-state index contributed by atoms with van der Waals surface area (Å²) in [6.07, 6.45) is 1.91. The monoisotopic (exact) mass is 192 g/mol. The molecule has 4 nitrogen and oxygen atoms in total. The Morgan fingerprint density at radius 1 is 1.50 bits per heavy atom. The van der Waals surface area contributed by atoms with Gasteiger partial charge in [-0.1, -0.05) is 0 Å². The van der Waals surface area contributed by atoms with Gasteiger partial charge in [-0.3, -0.25) is 4.79 Å². The second kappa shape index (κ2) is 4.41. The van der Waals surface area contributed by atoms with Crippen LogP contribution in [0.3, 0.4) is 0 Å². The molecule has 0 saturated heterocycles. The van der Waals surface area contributed by atoms with Crippen LogP contribution in [0.15, 0.2) is 12.1 Å². The number of benzene rings is 1. The number of carbonyl (C=O) groups is 1. The highest BCUT2D eigenvalue weighted by Gasteiger charge is 2.08. The second-order valence-corrected chi connectivity index (χ2v) is 2.70. The molecule has 0 saturated carbocycles. The van der Waals surface area contributed by atoms with Gasteiger partial charge < -0.3 is 15.5 Å². The van der Waals surface area contributed by atoms with Gasteiger partial charge in [0.15, 0.2) is 0 Å². The van der Waals surface area contributed by atoms with Gasteiger partial charge in [0, 0.05) is 24.4 Å². The molecular weight excluding hydrogens is 180 g/mol. The Morgan fingerprint density at radius 2 is 2.21 bits per heavy atom. The van der Waals surface area contributed by atoms with Crippen molar-refractivity contribution in [3.63, 3.8) is 0 Å². The molecular formula is C10H12N2O2. The van der Waals surface area contributed by atoms with E-state index in [0.717, 1.165) is 6.29 Å². The van der Waals surface area contributed by atoms with Gasteiger partial charge in [-0.2, -0.15) is 0 Å². The maximum Gasteiger partial charge on any atom is 0.150 e. The number of hydrogen-bond acceptors (Lipinski definition) is 4. The number of nitrogens with one attached hydrogen (secondary N) is 2. The van der Waals surface area contributed by atoms with Crippen LogP contribution in [-0.2, 0) is 0 Å². The fourth-order valence-electron chi connectivity index (χ4n) is 1.27. The third-order valence-corrected chi connectivity index (χ3v) is 1.92. The Balaban J connectivity index is 3.38. The minimum absolute atomic E-state index is 0.499. The lowest BCUT2D eigenvalue weighted by Gasteiger charge is -2.11. The lowest BCUT2D eigenvalue weighted by atomic mass is 10.1. The molecule has 2 N–H and O–H groups in total. The average Bonchev–Trinajstić information content (AvgIpc) is 2.26. The first-order valence-electron chi connectivity index (χ1n) is 4.12. The number of ether oxygens (including phenoxy) is 1. The van der Waals surface area contributed by atoms with E-state index in [1.54, 1.807) is 19.2 Å². The molecule has 14 heavy (non-hydrogen) atoms. The molecule has 0 aliphatic heterocycles. The first kappa shape index (κ1) is 10.2. The van der Waals surface area contributed by atoms with Gasteiger partial charge in [0.2, 0.25) is 0 Å². The largest absolute Gasteiger partial charge is 0.495 e. The van der Waals surface area contributed by atoms with Crippen molar-refractivity contribution >= 4 is 18.2 Å². The van der Waals surface area contributed by atoms with Crippen LogP contribution in [0.25, 0.3) is 0 Å². The molecule has 0 unspecified atom stereocenters. The number of methoxy groups -OCH3 is 1. The van der Waals surface area contributed by atoms with Gasteiger partial charge in [0.1, 0.15) is 12.0 Å². The summed E-state index contributed by atoms with van der Waals surface area (Å²) < 4.78 is 5.10. The highest BCUT2D eigenvalue weighted by molar-refractivity contribution is 5.92. The summed E-state index contributed by atoms with van der Waals surface area (Å²) in [6, 6.07) is 3.26. The summed E-state index contributed by atoms with van der Waals surface area (Å²) in [4.78, 5) is 10.6. The van der Waals surface area contributed by atoms with Gasteiger partial charge in [0.25, 0.3) is 0 Å². The summed E-state index contributed by atoms with van der Waals surface area (Å²) in [5.74, 6) is 0.565. The van der Waals surface area contributed by atoms with Crippen LogP contribution in [0.5, 0.6) is 5.75 Å². The van der Waals surface area contributed by atoms with E-state index in [1.807, 2.05) is 0 Å². The van der Waals surface area contributed by atoms with E-state index >= 15 is 0 Å². The molecule has 0 atom stereocenters. The summed E-state index contributed by atoms with van der Waals surface area (Å²) in [7, 11) is 3.27. The third-order valence-electron chi connectivity index (χ3n) is 1.92. The van der Waals surface area contributed by atoms with Crippen LogP contribution in [0.1, 0.15) is 15.9 Å². The zero-order chi connectivity index (χ0) is 10.6. The minimum atomic E-state index is 0.499. The molecule has 0 aromatic heterocycles. The van der Waals surface area contributed by atoms with Crippen molar-refractivity contribution < 1.29 is 9.53 Å². The fraction of sp³-hybridized carbons (Fsp3) is 0.200. The van der Waals surface area contributed by atoms with Crippen molar-refractivity contribution in [1.29, 1.82) is 5.41 Å². The molecule has 0 heterocycles. The highest BCUT2D eigenvalue weighted by Crippen LogP contribution is 2.28. The zero-order valence-electron chi connectivity index (χ0n) is 8.13. The Kier molecular flexibility index (Phi) is 3.23. The quantitative estimate of drug-likeness (QED) is 0.562. The molecule has 0 bridgehead atoms. The lowest BCUT2D eigenvalue weighted by Crippen LogP contribution is -2.00. The number of aldehydes is 1. The van der Waals surface area contributed by atoms with Crippen LogP contribution in [0.2, 0.25) is 0 Å². The predicted molar refractivity (Wildman–Crippen MR) is 55.8 cm³/mol. The molecule has 1 rings (SSSR count). The van der Waals surface area contributed by atoms with E-state index in [9.17, 15) is 4.79 Å². The minimum Gasteiger partial charge on any atom is -0.495 e. The summed E-state index contributed by atoms with van der Waals surface area (Å²) in [5, 5.41) is 10.1. The Morgan fingerprint density at radius 3 is 2.64 bits per heavy atom. The van der Waals surface area contributed by atoms with E-state index in [4.69, 9.17) is 10.1 Å².